The van der Waals surface area contributed by atoms with Crippen molar-refractivity contribution in [3.63, 3.8) is 0 Å². The van der Waals surface area contributed by atoms with Crippen LogP contribution in [0.5, 0.6) is 0 Å². The molecule has 2 unspecified atom stereocenters. The molecule has 31 heavy (non-hydrogen) atoms. The van der Waals surface area contributed by atoms with Crippen LogP contribution in [0.25, 0.3) is 0 Å². The summed E-state index contributed by atoms with van der Waals surface area (Å²) in [6, 6.07) is 13.1. The van der Waals surface area contributed by atoms with Gasteiger partial charge in [0.1, 0.15) is 5.92 Å². The standard InChI is InChI=1S/C25H23F2NO3/c1-15-22(25(30)31-13-12-16-6-3-2-4-7-16)23(17-10-11-18(26)19(27)14-17)24-20(28-15)8-5-9-21(24)29/h2-4,6-7,10-11,14,22-23,28H,1,5,8-9,12-13H2. The highest BCUT2D eigenvalue weighted by atomic mass is 19.2. The zero-order chi connectivity index (χ0) is 22.0. The smallest absolute Gasteiger partial charge is 0.315 e. The monoisotopic (exact) mass is 423 g/mol. The Morgan fingerprint density at radius 1 is 1.10 bits per heavy atom. The molecule has 160 valence electrons. The molecule has 2 aliphatic rings. The Kier molecular flexibility index (Phi) is 5.98. The average Bonchev–Trinajstić information content (AvgIpc) is 2.75. The van der Waals surface area contributed by atoms with Gasteiger partial charge in [-0.25, -0.2) is 8.78 Å². The Morgan fingerprint density at radius 3 is 2.61 bits per heavy atom. The third-order valence-corrected chi connectivity index (χ3v) is 5.82. The third kappa shape index (κ3) is 4.29. The van der Waals surface area contributed by atoms with Crippen molar-refractivity contribution in [1.82, 2.24) is 5.32 Å². The molecule has 0 saturated heterocycles. The predicted octanol–water partition coefficient (Wildman–Crippen LogP) is 4.57. The summed E-state index contributed by atoms with van der Waals surface area (Å²) in [6.07, 6.45) is 2.22. The summed E-state index contributed by atoms with van der Waals surface area (Å²) >= 11 is 0. The molecule has 0 radical (unpaired) electrons. The van der Waals surface area contributed by atoms with Crippen molar-refractivity contribution < 1.29 is 23.1 Å². The molecule has 4 nitrogen and oxygen atoms in total. The molecule has 1 aliphatic carbocycles. The largest absolute Gasteiger partial charge is 0.465 e. The van der Waals surface area contributed by atoms with E-state index in [1.54, 1.807) is 0 Å². The molecule has 0 saturated carbocycles. The second-order valence-electron chi connectivity index (χ2n) is 7.85. The Bertz CT molecular complexity index is 1060. The summed E-state index contributed by atoms with van der Waals surface area (Å²) in [4.78, 5) is 25.9. The second-order valence-corrected chi connectivity index (χ2v) is 7.85. The lowest BCUT2D eigenvalue weighted by Crippen LogP contribution is -2.41. The van der Waals surface area contributed by atoms with E-state index >= 15 is 0 Å². The van der Waals surface area contributed by atoms with Gasteiger partial charge in [-0.1, -0.05) is 43.0 Å². The number of rotatable bonds is 5. The molecule has 0 amide bonds. The zero-order valence-corrected chi connectivity index (χ0v) is 17.0. The predicted molar refractivity (Wildman–Crippen MR) is 112 cm³/mol. The number of carbonyl (C=O) groups is 2. The van der Waals surface area contributed by atoms with Crippen LogP contribution in [0.3, 0.4) is 0 Å². The van der Waals surface area contributed by atoms with Crippen LogP contribution in [0.2, 0.25) is 0 Å². The van der Waals surface area contributed by atoms with Gasteiger partial charge in [0.05, 0.1) is 6.61 Å². The first kappa shape index (κ1) is 21.0. The number of Topliss-reactive ketones (excluding diaryl/α,β-unsaturated/α-hetero) is 1. The molecule has 0 aromatic heterocycles. The first-order chi connectivity index (χ1) is 15.0. The van der Waals surface area contributed by atoms with Crippen molar-refractivity contribution in [3.05, 3.63) is 94.8 Å². The lowest BCUT2D eigenvalue weighted by molar-refractivity contribution is -0.147. The highest BCUT2D eigenvalue weighted by molar-refractivity contribution is 6.00. The summed E-state index contributed by atoms with van der Waals surface area (Å²) < 4.78 is 33.1. The van der Waals surface area contributed by atoms with Crippen LogP contribution in [0.1, 0.15) is 36.3 Å². The van der Waals surface area contributed by atoms with Crippen molar-refractivity contribution >= 4 is 11.8 Å². The number of allylic oxidation sites excluding steroid dienone is 2. The van der Waals surface area contributed by atoms with Crippen molar-refractivity contribution in [2.45, 2.75) is 31.6 Å². The van der Waals surface area contributed by atoms with Gasteiger partial charge < -0.3 is 10.1 Å². The topological polar surface area (TPSA) is 55.4 Å². The summed E-state index contributed by atoms with van der Waals surface area (Å²) in [5.41, 5.74) is 2.92. The number of hydrogen-bond acceptors (Lipinski definition) is 4. The molecule has 2 aromatic carbocycles. The number of nitrogens with one attached hydrogen (secondary N) is 1. The first-order valence-corrected chi connectivity index (χ1v) is 10.3. The van der Waals surface area contributed by atoms with E-state index in [9.17, 15) is 18.4 Å². The molecule has 2 aromatic rings. The van der Waals surface area contributed by atoms with Crippen molar-refractivity contribution in [2.24, 2.45) is 5.92 Å². The molecule has 0 fully saturated rings. The fraction of sp³-hybridized carbons (Fsp3) is 0.280. The lowest BCUT2D eigenvalue weighted by Gasteiger charge is -2.38. The highest BCUT2D eigenvalue weighted by Gasteiger charge is 2.44. The van der Waals surface area contributed by atoms with Crippen molar-refractivity contribution in [2.75, 3.05) is 6.61 Å². The lowest BCUT2D eigenvalue weighted by atomic mass is 9.71. The van der Waals surface area contributed by atoms with Crippen LogP contribution in [-0.4, -0.2) is 18.4 Å². The van der Waals surface area contributed by atoms with Crippen LogP contribution in [-0.2, 0) is 20.7 Å². The number of ether oxygens (including phenoxy) is 1. The Labute approximate surface area is 179 Å². The van der Waals surface area contributed by atoms with Gasteiger partial charge in [0.25, 0.3) is 0 Å². The summed E-state index contributed by atoms with van der Waals surface area (Å²) in [7, 11) is 0. The van der Waals surface area contributed by atoms with Crippen LogP contribution in [0, 0.1) is 17.6 Å². The van der Waals surface area contributed by atoms with Gasteiger partial charge in [0, 0.05) is 35.7 Å². The van der Waals surface area contributed by atoms with E-state index in [0.717, 1.165) is 17.7 Å². The van der Waals surface area contributed by atoms with Gasteiger partial charge in [-0.3, -0.25) is 9.59 Å². The van der Waals surface area contributed by atoms with E-state index in [-0.39, 0.29) is 12.4 Å². The molecular formula is C25H23F2NO3. The van der Waals surface area contributed by atoms with Crippen LogP contribution in [0.15, 0.2) is 72.1 Å². The maximum absolute atomic E-state index is 14.0. The number of ketones is 1. The number of benzene rings is 2. The van der Waals surface area contributed by atoms with E-state index < -0.39 is 29.4 Å². The molecule has 1 heterocycles. The first-order valence-electron chi connectivity index (χ1n) is 10.3. The minimum Gasteiger partial charge on any atom is -0.465 e. The average molecular weight is 423 g/mol. The Morgan fingerprint density at radius 2 is 1.87 bits per heavy atom. The molecule has 6 heteroatoms. The van der Waals surface area contributed by atoms with E-state index in [1.807, 2.05) is 30.3 Å². The second kappa shape index (κ2) is 8.84. The van der Waals surface area contributed by atoms with E-state index in [2.05, 4.69) is 11.9 Å². The maximum atomic E-state index is 14.0. The summed E-state index contributed by atoms with van der Waals surface area (Å²) in [6.45, 7) is 4.15. The Balaban J connectivity index is 1.64. The van der Waals surface area contributed by atoms with Crippen molar-refractivity contribution in [3.8, 4) is 0 Å². The van der Waals surface area contributed by atoms with E-state index in [0.29, 0.717) is 48.2 Å². The highest BCUT2D eigenvalue weighted by Crippen LogP contribution is 2.44. The minimum atomic E-state index is -1.02. The molecule has 0 bridgehead atoms. The number of hydrogen-bond donors (Lipinski definition) is 1. The Hall–Kier alpha value is -3.28. The number of halogens is 2. The summed E-state index contributed by atoms with van der Waals surface area (Å²) in [5, 5.41) is 3.11. The van der Waals surface area contributed by atoms with Gasteiger partial charge in [0.2, 0.25) is 0 Å². The normalized spacial score (nSPS) is 20.8. The fourth-order valence-electron chi connectivity index (χ4n) is 4.34. The molecular weight excluding hydrogens is 400 g/mol. The molecule has 4 rings (SSSR count). The van der Waals surface area contributed by atoms with Gasteiger partial charge in [-0.2, -0.15) is 0 Å². The van der Waals surface area contributed by atoms with Crippen LogP contribution in [0.4, 0.5) is 8.78 Å². The van der Waals surface area contributed by atoms with Gasteiger partial charge >= 0.3 is 5.97 Å². The van der Waals surface area contributed by atoms with Gasteiger partial charge in [-0.15, -0.1) is 0 Å². The third-order valence-electron chi connectivity index (χ3n) is 5.82. The molecule has 1 N–H and O–H groups in total. The van der Waals surface area contributed by atoms with E-state index in [1.165, 1.54) is 6.07 Å². The fourth-order valence-corrected chi connectivity index (χ4v) is 4.34. The SMILES string of the molecule is C=C1NC2=C(C(=O)CCC2)C(c2ccc(F)c(F)c2)C1C(=O)OCCc1ccccc1. The van der Waals surface area contributed by atoms with Crippen molar-refractivity contribution in [1.29, 1.82) is 0 Å². The van der Waals surface area contributed by atoms with Gasteiger partial charge in [0.15, 0.2) is 17.4 Å². The quantitative estimate of drug-likeness (QED) is 0.716. The molecule has 1 aliphatic heterocycles. The zero-order valence-electron chi connectivity index (χ0n) is 17.0. The van der Waals surface area contributed by atoms with Crippen LogP contribution >= 0.6 is 0 Å². The molecule has 0 spiro atoms. The number of esters is 1. The van der Waals surface area contributed by atoms with Gasteiger partial charge in [-0.05, 0) is 36.1 Å². The van der Waals surface area contributed by atoms with Crippen LogP contribution < -0.4 is 5.32 Å². The maximum Gasteiger partial charge on any atom is 0.315 e. The summed E-state index contributed by atoms with van der Waals surface area (Å²) in [5.74, 6) is -4.34. The molecule has 2 atom stereocenters. The minimum absolute atomic E-state index is 0.0990. The number of carbonyl (C=O) groups excluding carboxylic acids is 2. The van der Waals surface area contributed by atoms with E-state index in [4.69, 9.17) is 4.74 Å².